The molecular formula is C53H75F6N13O4Si2. The van der Waals surface area contributed by atoms with E-state index in [0.29, 0.717) is 116 Å². The molecule has 4 N–H and O–H groups in total. The lowest BCUT2D eigenvalue weighted by molar-refractivity contribution is -0.139. The van der Waals surface area contributed by atoms with Crippen LogP contribution >= 0.6 is 0 Å². The maximum atomic E-state index is 14.2. The number of rotatable bonds is 14. The lowest BCUT2D eigenvalue weighted by Crippen LogP contribution is -2.40. The maximum absolute atomic E-state index is 14.2. The van der Waals surface area contributed by atoms with Gasteiger partial charge in [0.25, 0.3) is 0 Å². The molecule has 0 unspecified atom stereocenters. The standard InChI is InChI=1S/C28H40F3N7O2Si.C25H35F3N6O2Si/c1-19-25(34-22-11-9-10-21(28(29,30)31)20(22)17-40-41(7,8)27(2,3)4)38-26(33-19)23(32-18-36(5)6)16-24(35-38)37-12-14-39-15-13-37;1-16-22(34-23(30-16)19(29)14-21(32-34)33-10-12-35-13-11-33)31-20-9-7-8-18(25(26,27)28)17(20)15-36-37(5,6)24(2,3)4/h9-11,16,18,34H,12-15,17H2,1-8H3;7-9,14,31H,10-13,15,29H2,1-6H3. The van der Waals surface area contributed by atoms with Crippen LogP contribution in [0.3, 0.4) is 0 Å². The zero-order chi connectivity index (χ0) is 57.3. The maximum Gasteiger partial charge on any atom is 0.416 e. The number of morpholine rings is 2. The van der Waals surface area contributed by atoms with E-state index in [1.165, 1.54) is 12.1 Å². The highest BCUT2D eigenvalue weighted by atomic mass is 28.4. The molecular weight excluding hydrogens is 1050 g/mol. The third-order valence-electron chi connectivity index (χ3n) is 14.8. The number of imidazole rings is 2. The number of halogens is 6. The summed E-state index contributed by atoms with van der Waals surface area (Å²) in [4.78, 5) is 19.8. The number of benzene rings is 2. The van der Waals surface area contributed by atoms with Crippen LogP contribution < -0.4 is 26.2 Å². The molecule has 2 aromatic carbocycles. The number of aliphatic imine (C=N–C) groups is 1. The lowest BCUT2D eigenvalue weighted by atomic mass is 10.1. The number of aryl methyl sites for hydroxylation is 2. The largest absolute Gasteiger partial charge is 0.416 e. The van der Waals surface area contributed by atoms with Gasteiger partial charge in [-0.15, -0.1) is 10.2 Å². The summed E-state index contributed by atoms with van der Waals surface area (Å²) in [6.07, 6.45) is -7.41. The zero-order valence-corrected chi connectivity index (χ0v) is 49.2. The molecule has 0 radical (unpaired) electrons. The van der Waals surface area contributed by atoms with Crippen LogP contribution in [0.2, 0.25) is 36.3 Å². The molecule has 6 aromatic rings. The summed E-state index contributed by atoms with van der Waals surface area (Å²) >= 11 is 0. The Balaban J connectivity index is 0.000000227. The van der Waals surface area contributed by atoms with Crippen molar-refractivity contribution in [3.63, 3.8) is 0 Å². The molecule has 0 bridgehead atoms. The van der Waals surface area contributed by atoms with E-state index in [1.54, 1.807) is 47.4 Å². The topological polar surface area (TPSA) is 169 Å². The molecule has 6 heterocycles. The fourth-order valence-corrected chi connectivity index (χ4v) is 10.0. The number of fused-ring (bicyclic) bond motifs is 2. The highest BCUT2D eigenvalue weighted by Crippen LogP contribution is 2.43. The average molecular weight is 1130 g/mol. The minimum absolute atomic E-state index is 0.0477. The second kappa shape index (κ2) is 23.0. The third-order valence-corrected chi connectivity index (χ3v) is 23.8. The van der Waals surface area contributed by atoms with Crippen molar-refractivity contribution < 1.29 is 44.7 Å². The van der Waals surface area contributed by atoms with E-state index in [1.807, 2.05) is 51.2 Å². The van der Waals surface area contributed by atoms with Crippen LogP contribution in [-0.4, -0.2) is 124 Å². The molecule has 2 saturated heterocycles. The summed E-state index contributed by atoms with van der Waals surface area (Å²) in [5.41, 5.74) is 8.61. The van der Waals surface area contributed by atoms with Crippen LogP contribution in [0, 0.1) is 13.8 Å². The van der Waals surface area contributed by atoms with Crippen molar-refractivity contribution in [1.29, 1.82) is 0 Å². The van der Waals surface area contributed by atoms with Gasteiger partial charge in [-0.3, -0.25) is 0 Å². The Hall–Kier alpha value is -6.00. The van der Waals surface area contributed by atoms with E-state index in [9.17, 15) is 26.3 Å². The Morgan fingerprint density at radius 1 is 0.654 bits per heavy atom. The molecule has 2 aliphatic heterocycles. The molecule has 0 spiro atoms. The van der Waals surface area contributed by atoms with Gasteiger partial charge >= 0.3 is 12.4 Å². The number of ether oxygens (including phenoxy) is 2. The fourth-order valence-electron chi connectivity index (χ4n) is 8.13. The number of nitrogens with zero attached hydrogens (tertiary/aromatic N) is 10. The first-order chi connectivity index (χ1) is 36.3. The summed E-state index contributed by atoms with van der Waals surface area (Å²) in [6, 6.07) is 11.9. The van der Waals surface area contributed by atoms with Gasteiger partial charge in [0.2, 0.25) is 0 Å². The number of hydrogen-bond acceptors (Lipinski definition) is 14. The van der Waals surface area contributed by atoms with E-state index in [4.69, 9.17) is 39.2 Å². The number of hydrogen-bond donors (Lipinski definition) is 3. The number of nitrogen functional groups attached to an aromatic ring is 1. The summed E-state index contributed by atoms with van der Waals surface area (Å²) in [5, 5.41) is 15.7. The van der Waals surface area contributed by atoms with Gasteiger partial charge in [-0.05, 0) is 74.4 Å². The minimum atomic E-state index is -4.55. The van der Waals surface area contributed by atoms with Gasteiger partial charge < -0.3 is 49.4 Å². The number of nitrogens with one attached hydrogen (secondary N) is 2. The second-order valence-corrected chi connectivity index (χ2v) is 32.4. The van der Waals surface area contributed by atoms with Crippen LogP contribution in [0.15, 0.2) is 53.5 Å². The third kappa shape index (κ3) is 13.5. The van der Waals surface area contributed by atoms with Crippen molar-refractivity contribution in [2.75, 3.05) is 92.9 Å². The van der Waals surface area contributed by atoms with E-state index < -0.39 is 40.1 Å². The molecule has 2 fully saturated rings. The quantitative estimate of drug-likeness (QED) is 0.0407. The number of anilines is 7. The van der Waals surface area contributed by atoms with E-state index in [-0.39, 0.29) is 40.1 Å². The van der Waals surface area contributed by atoms with Crippen molar-refractivity contribution in [2.24, 2.45) is 4.99 Å². The number of nitrogens with two attached hydrogens (primary N) is 1. The molecule has 426 valence electrons. The van der Waals surface area contributed by atoms with Crippen molar-refractivity contribution in [3.8, 4) is 0 Å². The van der Waals surface area contributed by atoms with Crippen molar-refractivity contribution in [3.05, 3.63) is 82.2 Å². The molecule has 78 heavy (non-hydrogen) atoms. The summed E-state index contributed by atoms with van der Waals surface area (Å²) in [7, 11) is -0.916. The Morgan fingerprint density at radius 3 is 1.45 bits per heavy atom. The smallest absolute Gasteiger partial charge is 0.412 e. The monoisotopic (exact) mass is 1130 g/mol. The molecule has 0 atom stereocenters. The first kappa shape index (κ1) is 59.7. The Kier molecular flexibility index (Phi) is 17.6. The predicted molar refractivity (Wildman–Crippen MR) is 301 cm³/mol. The van der Waals surface area contributed by atoms with Crippen molar-refractivity contribution >= 4 is 80.3 Å². The second-order valence-electron chi connectivity index (χ2n) is 22.8. The molecule has 2 aliphatic rings. The normalized spacial score (nSPS) is 15.3. The van der Waals surface area contributed by atoms with Gasteiger partial charge in [-0.1, -0.05) is 53.7 Å². The highest BCUT2D eigenvalue weighted by molar-refractivity contribution is 6.74. The Labute approximate surface area is 454 Å². The Morgan fingerprint density at radius 2 is 1.05 bits per heavy atom. The van der Waals surface area contributed by atoms with Crippen LogP contribution in [0.25, 0.3) is 11.3 Å². The Bertz CT molecular complexity index is 3100. The first-order valence-corrected chi connectivity index (χ1v) is 31.7. The average Bonchev–Trinajstić information content (AvgIpc) is 3.94. The number of aromatic nitrogens is 6. The zero-order valence-electron chi connectivity index (χ0n) is 47.2. The summed E-state index contributed by atoms with van der Waals surface area (Å²) < 4.78 is 112. The SMILES string of the molecule is Cc1nc2c(N)cc(N3CCOCC3)nn2c1Nc1cccc(C(F)(F)F)c1CO[Si](C)(C)C(C)(C)C.Cc1nc2c(N=CN(C)C)cc(N3CCOCC3)nn2c1Nc1cccc(C(F)(F)F)c1CO[Si](C)(C)C(C)(C)C. The van der Waals surface area contributed by atoms with Gasteiger partial charge in [0.05, 0.1) is 74.2 Å². The summed E-state index contributed by atoms with van der Waals surface area (Å²) in [6.45, 7) is 28.6. The van der Waals surface area contributed by atoms with Crippen LogP contribution in [-0.2, 0) is 43.9 Å². The molecule has 4 aromatic heterocycles. The minimum Gasteiger partial charge on any atom is -0.412 e. The summed E-state index contributed by atoms with van der Waals surface area (Å²) in [5.74, 6) is 2.24. The van der Waals surface area contributed by atoms with Gasteiger partial charge in [0.1, 0.15) is 5.69 Å². The van der Waals surface area contributed by atoms with E-state index >= 15 is 0 Å². The molecule has 0 aliphatic carbocycles. The lowest BCUT2D eigenvalue weighted by Gasteiger charge is -2.36. The van der Waals surface area contributed by atoms with Gasteiger partial charge in [0.15, 0.2) is 51.2 Å². The van der Waals surface area contributed by atoms with Gasteiger partial charge in [-0.2, -0.15) is 35.4 Å². The molecule has 17 nitrogen and oxygen atoms in total. The van der Waals surface area contributed by atoms with Gasteiger partial charge in [0, 0.05) is 74.9 Å². The molecule has 8 rings (SSSR count). The van der Waals surface area contributed by atoms with E-state index in [0.717, 1.165) is 12.1 Å². The highest BCUT2D eigenvalue weighted by Gasteiger charge is 2.41. The predicted octanol–water partition coefficient (Wildman–Crippen LogP) is 12.1. The first-order valence-electron chi connectivity index (χ1n) is 25.9. The van der Waals surface area contributed by atoms with Gasteiger partial charge in [-0.25, -0.2) is 15.0 Å². The van der Waals surface area contributed by atoms with Crippen LogP contribution in [0.5, 0.6) is 0 Å². The van der Waals surface area contributed by atoms with Crippen molar-refractivity contribution in [1.82, 2.24) is 34.1 Å². The van der Waals surface area contributed by atoms with Crippen molar-refractivity contribution in [2.45, 2.75) is 117 Å². The molecule has 0 amide bonds. The number of alkyl halides is 6. The van der Waals surface area contributed by atoms with E-state index in [2.05, 4.69) is 72.0 Å². The molecule has 0 saturated carbocycles. The fraction of sp³-hybridized carbons (Fsp3) is 0.528. The van der Waals surface area contributed by atoms with Crippen LogP contribution in [0.4, 0.5) is 72.4 Å². The van der Waals surface area contributed by atoms with Crippen LogP contribution in [0.1, 0.15) is 75.2 Å². The molecule has 25 heteroatoms.